The lowest BCUT2D eigenvalue weighted by molar-refractivity contribution is 1.17. The van der Waals surface area contributed by atoms with Crippen molar-refractivity contribution in [1.29, 1.82) is 0 Å². The van der Waals surface area contributed by atoms with Crippen molar-refractivity contribution >= 4 is 18.8 Å². The van der Waals surface area contributed by atoms with E-state index in [1.165, 1.54) is 23.2 Å². The SMILES string of the molecule is CC[Si](CC)(c1ccccc1)C1C=CC=C1c1ccccc1. The van der Waals surface area contributed by atoms with Crippen LogP contribution in [0.25, 0.3) is 5.57 Å². The van der Waals surface area contributed by atoms with E-state index in [1.807, 2.05) is 0 Å². The number of allylic oxidation sites excluding steroid dienone is 4. The van der Waals surface area contributed by atoms with Gasteiger partial charge in [-0.15, -0.1) is 0 Å². The molecule has 0 fully saturated rings. The van der Waals surface area contributed by atoms with E-state index in [2.05, 4.69) is 92.7 Å². The highest BCUT2D eigenvalue weighted by Crippen LogP contribution is 2.44. The second-order valence-corrected chi connectivity index (χ2v) is 11.0. The molecule has 1 aliphatic carbocycles. The molecule has 3 rings (SSSR count). The molecule has 22 heavy (non-hydrogen) atoms. The molecular weight excluding hydrogens is 280 g/mol. The first-order valence-corrected chi connectivity index (χ1v) is 10.8. The van der Waals surface area contributed by atoms with Gasteiger partial charge < -0.3 is 0 Å². The monoisotopic (exact) mass is 304 g/mol. The molecule has 0 bridgehead atoms. The first kappa shape index (κ1) is 15.0. The molecule has 1 atom stereocenters. The van der Waals surface area contributed by atoms with Crippen molar-refractivity contribution in [3.8, 4) is 0 Å². The third-order valence-corrected chi connectivity index (χ3v) is 10.9. The van der Waals surface area contributed by atoms with Crippen LogP contribution in [0.1, 0.15) is 19.4 Å². The fraction of sp³-hybridized carbons (Fsp3) is 0.238. The smallest absolute Gasteiger partial charge is 0.0793 e. The number of benzene rings is 2. The molecule has 0 spiro atoms. The summed E-state index contributed by atoms with van der Waals surface area (Å²) >= 11 is 0. The van der Waals surface area contributed by atoms with Crippen LogP contribution in [0.15, 0.2) is 78.9 Å². The molecule has 2 aromatic rings. The zero-order valence-electron chi connectivity index (χ0n) is 13.5. The summed E-state index contributed by atoms with van der Waals surface area (Å²) in [6, 6.07) is 24.7. The first-order valence-electron chi connectivity index (χ1n) is 8.31. The van der Waals surface area contributed by atoms with E-state index < -0.39 is 8.07 Å². The highest BCUT2D eigenvalue weighted by atomic mass is 28.3. The largest absolute Gasteiger partial charge is 0.0973 e. The summed E-state index contributed by atoms with van der Waals surface area (Å²) in [5, 5.41) is 1.60. The molecule has 0 aliphatic heterocycles. The van der Waals surface area contributed by atoms with Gasteiger partial charge in [0, 0.05) is 5.54 Å². The molecular formula is C21H24Si. The van der Waals surface area contributed by atoms with Crippen LogP contribution in [0.5, 0.6) is 0 Å². The van der Waals surface area contributed by atoms with Gasteiger partial charge in [0.15, 0.2) is 0 Å². The lowest BCUT2D eigenvalue weighted by Gasteiger charge is -2.37. The highest BCUT2D eigenvalue weighted by Gasteiger charge is 2.41. The maximum atomic E-state index is 2.45. The Hall–Kier alpha value is -1.86. The van der Waals surface area contributed by atoms with E-state index in [4.69, 9.17) is 0 Å². The van der Waals surface area contributed by atoms with Crippen LogP contribution in [-0.2, 0) is 0 Å². The van der Waals surface area contributed by atoms with Crippen molar-refractivity contribution in [2.24, 2.45) is 0 Å². The van der Waals surface area contributed by atoms with Crippen LogP contribution >= 0.6 is 0 Å². The van der Waals surface area contributed by atoms with E-state index in [9.17, 15) is 0 Å². The molecule has 0 saturated heterocycles. The van der Waals surface area contributed by atoms with Crippen LogP contribution in [0.4, 0.5) is 0 Å². The topological polar surface area (TPSA) is 0 Å². The zero-order valence-corrected chi connectivity index (χ0v) is 14.5. The van der Waals surface area contributed by atoms with Gasteiger partial charge in [0.05, 0.1) is 8.07 Å². The average Bonchev–Trinajstić information content (AvgIpc) is 3.09. The Balaban J connectivity index is 2.06. The van der Waals surface area contributed by atoms with Gasteiger partial charge in [-0.3, -0.25) is 0 Å². The third kappa shape index (κ3) is 2.50. The predicted molar refractivity (Wildman–Crippen MR) is 100 cm³/mol. The summed E-state index contributed by atoms with van der Waals surface area (Å²) in [7, 11) is -1.59. The summed E-state index contributed by atoms with van der Waals surface area (Å²) < 4.78 is 0. The number of hydrogen-bond acceptors (Lipinski definition) is 0. The molecule has 0 radical (unpaired) electrons. The minimum Gasteiger partial charge on any atom is -0.0793 e. The lowest BCUT2D eigenvalue weighted by Crippen LogP contribution is -2.50. The van der Waals surface area contributed by atoms with E-state index in [-0.39, 0.29) is 0 Å². The average molecular weight is 305 g/mol. The van der Waals surface area contributed by atoms with Crippen LogP contribution in [0, 0.1) is 0 Å². The Bertz CT molecular complexity index is 664. The Labute approximate surface area is 135 Å². The maximum absolute atomic E-state index is 2.45. The Morgan fingerprint density at radius 1 is 0.818 bits per heavy atom. The second-order valence-electron chi connectivity index (χ2n) is 6.08. The van der Waals surface area contributed by atoms with E-state index in [0.717, 1.165) is 0 Å². The van der Waals surface area contributed by atoms with E-state index in [1.54, 1.807) is 5.19 Å². The molecule has 1 heteroatoms. The highest BCUT2D eigenvalue weighted by molar-refractivity contribution is 6.94. The van der Waals surface area contributed by atoms with Crippen LogP contribution in [0.2, 0.25) is 17.6 Å². The van der Waals surface area contributed by atoms with E-state index >= 15 is 0 Å². The van der Waals surface area contributed by atoms with Crippen LogP contribution in [-0.4, -0.2) is 8.07 Å². The van der Waals surface area contributed by atoms with Crippen molar-refractivity contribution in [3.63, 3.8) is 0 Å². The summed E-state index contributed by atoms with van der Waals surface area (Å²) in [6.45, 7) is 4.77. The summed E-state index contributed by atoms with van der Waals surface area (Å²) in [6.07, 6.45) is 7.05. The molecule has 0 aromatic heterocycles. The molecule has 1 unspecified atom stereocenters. The first-order chi connectivity index (χ1) is 10.8. The minimum absolute atomic E-state index is 0.590. The molecule has 112 valence electrons. The van der Waals surface area contributed by atoms with Crippen molar-refractivity contribution in [3.05, 3.63) is 84.5 Å². The molecule has 0 amide bonds. The van der Waals surface area contributed by atoms with Crippen molar-refractivity contribution < 1.29 is 0 Å². The van der Waals surface area contributed by atoms with Gasteiger partial charge in [-0.25, -0.2) is 0 Å². The fourth-order valence-electron chi connectivity index (χ4n) is 3.91. The van der Waals surface area contributed by atoms with Crippen molar-refractivity contribution in [1.82, 2.24) is 0 Å². The van der Waals surface area contributed by atoms with Crippen molar-refractivity contribution in [2.75, 3.05) is 0 Å². The summed E-state index contributed by atoms with van der Waals surface area (Å²) in [5.41, 5.74) is 3.49. The van der Waals surface area contributed by atoms with E-state index in [0.29, 0.717) is 5.54 Å². The van der Waals surface area contributed by atoms with Gasteiger partial charge in [0.2, 0.25) is 0 Å². The van der Waals surface area contributed by atoms with Gasteiger partial charge in [-0.2, -0.15) is 0 Å². The third-order valence-electron chi connectivity index (χ3n) is 5.23. The fourth-order valence-corrected chi connectivity index (χ4v) is 8.66. The number of rotatable bonds is 5. The summed E-state index contributed by atoms with van der Waals surface area (Å²) in [4.78, 5) is 0. The quantitative estimate of drug-likeness (QED) is 0.648. The normalized spacial score (nSPS) is 17.5. The molecule has 1 aliphatic rings. The molecule has 0 saturated carbocycles. The van der Waals surface area contributed by atoms with Gasteiger partial charge in [0.25, 0.3) is 0 Å². The Morgan fingerprint density at radius 3 is 2.00 bits per heavy atom. The molecule has 0 N–H and O–H groups in total. The van der Waals surface area contributed by atoms with Crippen LogP contribution < -0.4 is 5.19 Å². The van der Waals surface area contributed by atoms with Gasteiger partial charge in [0.1, 0.15) is 0 Å². The second kappa shape index (κ2) is 6.49. The van der Waals surface area contributed by atoms with Gasteiger partial charge in [-0.1, -0.05) is 110 Å². The molecule has 0 nitrogen and oxygen atoms in total. The zero-order chi connectivity index (χ0) is 15.4. The number of hydrogen-bond donors (Lipinski definition) is 0. The maximum Gasteiger partial charge on any atom is 0.0973 e. The van der Waals surface area contributed by atoms with Crippen molar-refractivity contribution in [2.45, 2.75) is 31.5 Å². The van der Waals surface area contributed by atoms with Crippen LogP contribution in [0.3, 0.4) is 0 Å². The van der Waals surface area contributed by atoms with Gasteiger partial charge >= 0.3 is 0 Å². The Morgan fingerprint density at radius 2 is 1.41 bits per heavy atom. The summed E-state index contributed by atoms with van der Waals surface area (Å²) in [5.74, 6) is 0. The lowest BCUT2D eigenvalue weighted by atomic mass is 10.1. The molecule has 0 heterocycles. The standard InChI is InChI=1S/C21H24Si/c1-3-22(4-2,19-14-9-6-10-15-19)21-17-11-16-20(21)18-12-7-5-8-13-18/h5-17,21H,3-4H2,1-2H3. The molecule has 2 aromatic carbocycles. The Kier molecular flexibility index (Phi) is 4.44. The predicted octanol–water partition coefficient (Wildman–Crippen LogP) is 5.41. The van der Waals surface area contributed by atoms with Gasteiger partial charge in [-0.05, 0) is 11.1 Å². The minimum atomic E-state index is -1.59.